The van der Waals surface area contributed by atoms with Crippen LogP contribution >= 0.6 is 0 Å². The highest BCUT2D eigenvalue weighted by molar-refractivity contribution is 5.91. The summed E-state index contributed by atoms with van der Waals surface area (Å²) in [4.78, 5) is 35.1. The van der Waals surface area contributed by atoms with Crippen LogP contribution in [-0.4, -0.2) is 38.2 Å². The second-order valence-corrected chi connectivity index (χ2v) is 7.11. The Kier molecular flexibility index (Phi) is 12.2. The van der Waals surface area contributed by atoms with Gasteiger partial charge >= 0.3 is 17.9 Å². The first-order valence-electron chi connectivity index (χ1n) is 11.2. The fourth-order valence-corrected chi connectivity index (χ4v) is 2.68. The van der Waals surface area contributed by atoms with Crippen LogP contribution in [0.2, 0.25) is 0 Å². The number of esters is 3. The van der Waals surface area contributed by atoms with Gasteiger partial charge in [0.15, 0.2) is 11.5 Å². The van der Waals surface area contributed by atoms with E-state index in [9.17, 15) is 14.4 Å². The third-order valence-corrected chi connectivity index (χ3v) is 4.46. The summed E-state index contributed by atoms with van der Waals surface area (Å²) in [7, 11) is 1.45. The molecule has 0 aliphatic carbocycles. The number of carbonyl (C=O) groups is 3. The highest BCUT2D eigenvalue weighted by Gasteiger charge is 2.13. The summed E-state index contributed by atoms with van der Waals surface area (Å²) in [6, 6.07) is 11.3. The minimum absolute atomic E-state index is 0.126. The molecule has 0 aliphatic rings. The zero-order chi connectivity index (χ0) is 26.9. The fourth-order valence-electron chi connectivity index (χ4n) is 2.68. The maximum atomic E-state index is 12.6. The largest absolute Gasteiger partial charge is 0.493 e. The molecule has 37 heavy (non-hydrogen) atoms. The summed E-state index contributed by atoms with van der Waals surface area (Å²) in [5.41, 5.74) is 0.981. The van der Waals surface area contributed by atoms with Gasteiger partial charge in [-0.25, -0.2) is 14.4 Å². The second-order valence-electron chi connectivity index (χ2n) is 7.11. The van der Waals surface area contributed by atoms with Crippen molar-refractivity contribution in [3.63, 3.8) is 0 Å². The van der Waals surface area contributed by atoms with Crippen molar-refractivity contribution in [3.05, 3.63) is 109 Å². The fraction of sp³-hybridized carbons (Fsp3) is 0.138. The molecule has 0 atom stereocenters. The van der Waals surface area contributed by atoms with Crippen molar-refractivity contribution < 1.29 is 38.1 Å². The standard InChI is InChI=1S/C29H28O8/c1-4-18-35-28(31)17-11-22-10-16-25(26(21-22)33-3)37-29(32)23-12-14-24(15-13-23)34-19-8-6-7-9-20-36-27(30)5-2/h4-8,10-17,19,21H,1-2,9,18,20H2,3H3/b7-6+,17-11+,19-8+. The van der Waals surface area contributed by atoms with Gasteiger partial charge in [-0.3, -0.25) is 0 Å². The normalized spacial score (nSPS) is 10.8. The van der Waals surface area contributed by atoms with Crippen molar-refractivity contribution >= 4 is 24.0 Å². The van der Waals surface area contributed by atoms with Gasteiger partial charge in [-0.15, -0.1) is 0 Å². The SMILES string of the molecule is C=CCOC(=O)/C=C/c1ccc(OC(=O)c2ccc(O/C=C/C=C/CCOC(=O)C=C)cc2)c(OC)c1. The van der Waals surface area contributed by atoms with Crippen molar-refractivity contribution in [1.29, 1.82) is 0 Å². The predicted molar refractivity (Wildman–Crippen MR) is 139 cm³/mol. The lowest BCUT2D eigenvalue weighted by Crippen LogP contribution is -2.09. The highest BCUT2D eigenvalue weighted by atomic mass is 16.6. The van der Waals surface area contributed by atoms with Gasteiger partial charge in [0.1, 0.15) is 12.4 Å². The molecule has 192 valence electrons. The smallest absolute Gasteiger partial charge is 0.343 e. The van der Waals surface area contributed by atoms with Crippen LogP contribution in [0.25, 0.3) is 6.08 Å². The molecule has 0 saturated heterocycles. The molecule has 0 bridgehead atoms. The molecule has 0 spiro atoms. The summed E-state index contributed by atoms with van der Waals surface area (Å²) in [6.07, 6.45) is 12.8. The van der Waals surface area contributed by atoms with E-state index in [1.807, 2.05) is 6.08 Å². The molecule has 0 saturated carbocycles. The van der Waals surface area contributed by atoms with Crippen LogP contribution in [0.15, 0.2) is 98.3 Å². The Hall–Kier alpha value is -4.85. The first kappa shape index (κ1) is 28.4. The van der Waals surface area contributed by atoms with Crippen molar-refractivity contribution in [2.45, 2.75) is 6.42 Å². The topological polar surface area (TPSA) is 97.4 Å². The number of methoxy groups -OCH3 is 1. The summed E-state index contributed by atoms with van der Waals surface area (Å²) in [6.45, 7) is 7.20. The molecular formula is C29H28O8. The van der Waals surface area contributed by atoms with Crippen LogP contribution < -0.4 is 14.2 Å². The van der Waals surface area contributed by atoms with Gasteiger partial charge in [0.25, 0.3) is 0 Å². The van der Waals surface area contributed by atoms with E-state index < -0.39 is 17.9 Å². The molecule has 0 N–H and O–H groups in total. The number of benzene rings is 2. The van der Waals surface area contributed by atoms with Crippen LogP contribution in [0, 0.1) is 0 Å². The molecule has 8 nitrogen and oxygen atoms in total. The number of carbonyl (C=O) groups excluding carboxylic acids is 3. The summed E-state index contributed by atoms with van der Waals surface area (Å²) in [5.74, 6) is -0.444. The molecule has 0 unspecified atom stereocenters. The Morgan fingerprint density at radius 1 is 0.919 bits per heavy atom. The lowest BCUT2D eigenvalue weighted by Gasteiger charge is -2.10. The van der Waals surface area contributed by atoms with Crippen LogP contribution in [0.1, 0.15) is 22.3 Å². The minimum Gasteiger partial charge on any atom is -0.493 e. The number of hydrogen-bond donors (Lipinski definition) is 0. The molecule has 2 aromatic carbocycles. The Morgan fingerprint density at radius 3 is 2.41 bits per heavy atom. The van der Waals surface area contributed by atoms with Crippen LogP contribution in [0.3, 0.4) is 0 Å². The van der Waals surface area contributed by atoms with E-state index in [1.54, 1.807) is 60.7 Å². The van der Waals surface area contributed by atoms with Crippen LogP contribution in [-0.2, 0) is 19.1 Å². The zero-order valence-corrected chi connectivity index (χ0v) is 20.5. The number of allylic oxidation sites excluding steroid dienone is 2. The van der Waals surface area contributed by atoms with E-state index in [0.717, 1.165) is 6.08 Å². The third-order valence-electron chi connectivity index (χ3n) is 4.46. The molecule has 0 aliphatic heterocycles. The molecule has 0 aromatic heterocycles. The Bertz CT molecular complexity index is 1170. The van der Waals surface area contributed by atoms with Crippen molar-refractivity contribution in [1.82, 2.24) is 0 Å². The lowest BCUT2D eigenvalue weighted by molar-refractivity contribution is -0.138. The van der Waals surface area contributed by atoms with Crippen molar-refractivity contribution in [2.75, 3.05) is 20.3 Å². The van der Waals surface area contributed by atoms with E-state index in [0.29, 0.717) is 29.0 Å². The van der Waals surface area contributed by atoms with Crippen molar-refractivity contribution in [3.8, 4) is 17.2 Å². The Balaban J connectivity index is 1.89. The van der Waals surface area contributed by atoms with Gasteiger partial charge in [-0.05, 0) is 60.5 Å². The average molecular weight is 505 g/mol. The Labute approximate surface area is 215 Å². The van der Waals surface area contributed by atoms with E-state index >= 15 is 0 Å². The van der Waals surface area contributed by atoms with Crippen LogP contribution in [0.5, 0.6) is 17.2 Å². The van der Waals surface area contributed by atoms with E-state index in [1.165, 1.54) is 25.5 Å². The van der Waals surface area contributed by atoms with Gasteiger partial charge in [-0.1, -0.05) is 37.5 Å². The lowest BCUT2D eigenvalue weighted by atomic mass is 10.2. The quantitative estimate of drug-likeness (QED) is 0.0657. The molecule has 0 heterocycles. The van der Waals surface area contributed by atoms with Gasteiger partial charge in [0, 0.05) is 12.2 Å². The maximum absolute atomic E-state index is 12.6. The number of hydrogen-bond acceptors (Lipinski definition) is 8. The zero-order valence-electron chi connectivity index (χ0n) is 20.5. The predicted octanol–water partition coefficient (Wildman–Crippen LogP) is 5.22. The third kappa shape index (κ3) is 10.5. The molecule has 8 heteroatoms. The number of rotatable bonds is 14. The molecule has 2 rings (SSSR count). The maximum Gasteiger partial charge on any atom is 0.343 e. The van der Waals surface area contributed by atoms with Crippen LogP contribution in [0.4, 0.5) is 0 Å². The monoisotopic (exact) mass is 504 g/mol. The van der Waals surface area contributed by atoms with E-state index in [-0.39, 0.29) is 19.0 Å². The van der Waals surface area contributed by atoms with E-state index in [4.69, 9.17) is 23.7 Å². The first-order valence-corrected chi connectivity index (χ1v) is 11.2. The first-order chi connectivity index (χ1) is 18.0. The summed E-state index contributed by atoms with van der Waals surface area (Å²) in [5, 5.41) is 0. The molecular weight excluding hydrogens is 476 g/mol. The summed E-state index contributed by atoms with van der Waals surface area (Å²) >= 11 is 0. The van der Waals surface area contributed by atoms with E-state index in [2.05, 4.69) is 13.2 Å². The molecule has 0 radical (unpaired) electrons. The summed E-state index contributed by atoms with van der Waals surface area (Å²) < 4.78 is 26.0. The van der Waals surface area contributed by atoms with Gasteiger partial charge < -0.3 is 23.7 Å². The molecule has 0 amide bonds. The molecule has 0 fully saturated rings. The number of ether oxygens (including phenoxy) is 5. The average Bonchev–Trinajstić information content (AvgIpc) is 2.92. The van der Waals surface area contributed by atoms with Crippen molar-refractivity contribution in [2.24, 2.45) is 0 Å². The van der Waals surface area contributed by atoms with Gasteiger partial charge in [0.2, 0.25) is 0 Å². The second kappa shape index (κ2) is 15.9. The minimum atomic E-state index is -0.572. The highest BCUT2D eigenvalue weighted by Crippen LogP contribution is 2.29. The van der Waals surface area contributed by atoms with Gasteiger partial charge in [0.05, 0.1) is 25.5 Å². The molecule has 2 aromatic rings. The Morgan fingerprint density at radius 2 is 1.70 bits per heavy atom. The van der Waals surface area contributed by atoms with Gasteiger partial charge in [-0.2, -0.15) is 0 Å².